The van der Waals surface area contributed by atoms with Crippen molar-refractivity contribution in [1.82, 2.24) is 9.55 Å². The van der Waals surface area contributed by atoms with Crippen LogP contribution in [0.4, 0.5) is 5.69 Å². The molecule has 0 aliphatic heterocycles. The lowest BCUT2D eigenvalue weighted by molar-refractivity contribution is 0.0490. The third-order valence-electron chi connectivity index (χ3n) is 3.32. The van der Waals surface area contributed by atoms with Gasteiger partial charge in [-0.1, -0.05) is 6.07 Å². The highest BCUT2D eigenvalue weighted by atomic mass is 16.5. The molecule has 0 spiro atoms. The van der Waals surface area contributed by atoms with E-state index in [2.05, 4.69) is 4.98 Å². The van der Waals surface area contributed by atoms with Crippen LogP contribution in [-0.2, 0) is 11.3 Å². The highest BCUT2D eigenvalue weighted by Gasteiger charge is 2.12. The number of hydrogen-bond donors (Lipinski definition) is 1. The first kappa shape index (κ1) is 14.1. The standard InChI is InChI=1S/C15H19N3O2/c1-10-8-11(2)14(16)9-13(10)15(19)20-7-6-18-5-4-17-12(18)3/h4-5,8-9H,6-7,16H2,1-3H3. The molecule has 1 aromatic carbocycles. The van der Waals surface area contributed by atoms with Crippen molar-refractivity contribution in [1.29, 1.82) is 0 Å². The fraction of sp³-hybridized carbons (Fsp3) is 0.333. The van der Waals surface area contributed by atoms with E-state index < -0.39 is 0 Å². The summed E-state index contributed by atoms with van der Waals surface area (Å²) in [5, 5.41) is 0. The van der Waals surface area contributed by atoms with E-state index in [1.807, 2.05) is 37.6 Å². The van der Waals surface area contributed by atoms with Gasteiger partial charge in [0.1, 0.15) is 12.4 Å². The third-order valence-corrected chi connectivity index (χ3v) is 3.32. The van der Waals surface area contributed by atoms with Gasteiger partial charge in [-0.15, -0.1) is 0 Å². The molecule has 0 radical (unpaired) electrons. The van der Waals surface area contributed by atoms with Crippen LogP contribution in [0.5, 0.6) is 0 Å². The lowest BCUT2D eigenvalue weighted by atomic mass is 10.0. The van der Waals surface area contributed by atoms with Crippen molar-refractivity contribution in [2.75, 3.05) is 12.3 Å². The minimum absolute atomic E-state index is 0.309. The molecular formula is C15H19N3O2. The zero-order valence-corrected chi connectivity index (χ0v) is 12.0. The Hall–Kier alpha value is -2.30. The summed E-state index contributed by atoms with van der Waals surface area (Å²) in [6, 6.07) is 3.57. The molecule has 5 heteroatoms. The van der Waals surface area contributed by atoms with Crippen molar-refractivity contribution in [3.05, 3.63) is 47.0 Å². The minimum Gasteiger partial charge on any atom is -0.460 e. The van der Waals surface area contributed by atoms with E-state index in [1.54, 1.807) is 12.3 Å². The van der Waals surface area contributed by atoms with E-state index in [0.29, 0.717) is 24.4 Å². The Morgan fingerprint density at radius 2 is 2.05 bits per heavy atom. The number of carbonyl (C=O) groups excluding carboxylic acids is 1. The number of rotatable bonds is 4. The van der Waals surface area contributed by atoms with E-state index in [4.69, 9.17) is 10.5 Å². The van der Waals surface area contributed by atoms with Crippen LogP contribution in [0.15, 0.2) is 24.5 Å². The molecule has 0 aliphatic rings. The van der Waals surface area contributed by atoms with Crippen LogP contribution in [0.25, 0.3) is 0 Å². The number of ether oxygens (including phenoxy) is 1. The van der Waals surface area contributed by atoms with E-state index in [9.17, 15) is 4.79 Å². The molecule has 0 saturated carbocycles. The molecule has 106 valence electrons. The van der Waals surface area contributed by atoms with Crippen molar-refractivity contribution >= 4 is 11.7 Å². The molecule has 0 saturated heterocycles. The van der Waals surface area contributed by atoms with Gasteiger partial charge in [0, 0.05) is 18.1 Å². The Labute approximate surface area is 118 Å². The number of aromatic nitrogens is 2. The first-order valence-corrected chi connectivity index (χ1v) is 6.50. The maximum Gasteiger partial charge on any atom is 0.338 e. The SMILES string of the molecule is Cc1cc(C)c(C(=O)OCCn2ccnc2C)cc1N. The molecule has 1 heterocycles. The maximum absolute atomic E-state index is 12.0. The Bertz CT molecular complexity index is 632. The van der Waals surface area contributed by atoms with Crippen LogP contribution in [0.2, 0.25) is 0 Å². The number of aryl methyl sites for hydroxylation is 3. The Morgan fingerprint density at radius 1 is 1.30 bits per heavy atom. The monoisotopic (exact) mass is 273 g/mol. The van der Waals surface area contributed by atoms with Gasteiger partial charge in [0.25, 0.3) is 0 Å². The summed E-state index contributed by atoms with van der Waals surface area (Å²) < 4.78 is 7.22. The average molecular weight is 273 g/mol. The van der Waals surface area contributed by atoms with E-state index in [0.717, 1.165) is 17.0 Å². The second kappa shape index (κ2) is 5.77. The topological polar surface area (TPSA) is 70.1 Å². The van der Waals surface area contributed by atoms with Crippen LogP contribution in [0.1, 0.15) is 27.3 Å². The van der Waals surface area contributed by atoms with Gasteiger partial charge in [-0.05, 0) is 38.0 Å². The summed E-state index contributed by atoms with van der Waals surface area (Å²) in [7, 11) is 0. The van der Waals surface area contributed by atoms with Gasteiger partial charge in [-0.3, -0.25) is 0 Å². The second-order valence-corrected chi connectivity index (χ2v) is 4.83. The van der Waals surface area contributed by atoms with Crippen LogP contribution < -0.4 is 5.73 Å². The van der Waals surface area contributed by atoms with Gasteiger partial charge in [0.2, 0.25) is 0 Å². The molecule has 0 unspecified atom stereocenters. The number of esters is 1. The Morgan fingerprint density at radius 3 is 2.70 bits per heavy atom. The zero-order valence-electron chi connectivity index (χ0n) is 12.0. The van der Waals surface area contributed by atoms with Crippen molar-refractivity contribution in [3.8, 4) is 0 Å². The van der Waals surface area contributed by atoms with Crippen LogP contribution >= 0.6 is 0 Å². The smallest absolute Gasteiger partial charge is 0.338 e. The number of imidazole rings is 1. The van der Waals surface area contributed by atoms with Crippen molar-refractivity contribution in [2.45, 2.75) is 27.3 Å². The van der Waals surface area contributed by atoms with Gasteiger partial charge in [-0.2, -0.15) is 0 Å². The zero-order chi connectivity index (χ0) is 14.7. The van der Waals surface area contributed by atoms with Gasteiger partial charge in [0.05, 0.1) is 12.1 Å². The summed E-state index contributed by atoms with van der Waals surface area (Å²) in [5.41, 5.74) is 8.80. The summed E-state index contributed by atoms with van der Waals surface area (Å²) >= 11 is 0. The molecular weight excluding hydrogens is 254 g/mol. The predicted octanol–water partition coefficient (Wildman–Crippen LogP) is 2.25. The Kier molecular flexibility index (Phi) is 4.08. The van der Waals surface area contributed by atoms with Gasteiger partial charge < -0.3 is 15.0 Å². The average Bonchev–Trinajstić information content (AvgIpc) is 2.79. The Balaban J connectivity index is 1.99. The van der Waals surface area contributed by atoms with Crippen molar-refractivity contribution in [2.24, 2.45) is 0 Å². The van der Waals surface area contributed by atoms with Gasteiger partial charge >= 0.3 is 5.97 Å². The predicted molar refractivity (Wildman–Crippen MR) is 77.6 cm³/mol. The third kappa shape index (κ3) is 2.99. The molecule has 1 aromatic heterocycles. The fourth-order valence-corrected chi connectivity index (χ4v) is 2.04. The van der Waals surface area contributed by atoms with E-state index in [-0.39, 0.29) is 5.97 Å². The van der Waals surface area contributed by atoms with Crippen molar-refractivity contribution in [3.63, 3.8) is 0 Å². The van der Waals surface area contributed by atoms with Crippen molar-refractivity contribution < 1.29 is 9.53 Å². The maximum atomic E-state index is 12.0. The lowest BCUT2D eigenvalue weighted by Crippen LogP contribution is -2.13. The number of hydrogen-bond acceptors (Lipinski definition) is 4. The molecule has 0 bridgehead atoms. The molecule has 2 rings (SSSR count). The van der Waals surface area contributed by atoms with Crippen LogP contribution in [-0.4, -0.2) is 22.1 Å². The normalized spacial score (nSPS) is 10.6. The number of carbonyl (C=O) groups is 1. The summed E-state index contributed by atoms with van der Waals surface area (Å²) in [6.07, 6.45) is 3.58. The van der Waals surface area contributed by atoms with E-state index >= 15 is 0 Å². The highest BCUT2D eigenvalue weighted by Crippen LogP contribution is 2.18. The van der Waals surface area contributed by atoms with Gasteiger partial charge in [-0.25, -0.2) is 9.78 Å². The highest BCUT2D eigenvalue weighted by molar-refractivity contribution is 5.92. The quantitative estimate of drug-likeness (QED) is 0.685. The van der Waals surface area contributed by atoms with Gasteiger partial charge in [0.15, 0.2) is 0 Å². The molecule has 20 heavy (non-hydrogen) atoms. The number of benzene rings is 1. The number of nitrogens with zero attached hydrogens (tertiary/aromatic N) is 2. The van der Waals surface area contributed by atoms with Crippen LogP contribution in [0, 0.1) is 20.8 Å². The van der Waals surface area contributed by atoms with Crippen LogP contribution in [0.3, 0.4) is 0 Å². The summed E-state index contributed by atoms with van der Waals surface area (Å²) in [4.78, 5) is 16.2. The molecule has 0 atom stereocenters. The summed E-state index contributed by atoms with van der Waals surface area (Å²) in [5.74, 6) is 0.559. The number of nitrogen functional groups attached to an aromatic ring is 1. The fourth-order valence-electron chi connectivity index (χ4n) is 2.04. The number of nitrogens with two attached hydrogens (primary N) is 1. The molecule has 5 nitrogen and oxygen atoms in total. The molecule has 0 amide bonds. The number of anilines is 1. The first-order chi connectivity index (χ1) is 9.49. The lowest BCUT2D eigenvalue weighted by Gasteiger charge is -2.10. The molecule has 0 aliphatic carbocycles. The summed E-state index contributed by atoms with van der Waals surface area (Å²) in [6.45, 7) is 6.61. The first-order valence-electron chi connectivity index (χ1n) is 6.50. The molecule has 2 aromatic rings. The second-order valence-electron chi connectivity index (χ2n) is 4.83. The minimum atomic E-state index is -0.341. The van der Waals surface area contributed by atoms with E-state index in [1.165, 1.54) is 0 Å². The molecule has 2 N–H and O–H groups in total. The largest absolute Gasteiger partial charge is 0.460 e. The molecule has 0 fully saturated rings.